The SMILES string of the molecule is C[C@H]1CC(N)=N[C@H]2[C@@H]1C2(Cl)Cl. The van der Waals surface area contributed by atoms with Crippen LogP contribution in [0.5, 0.6) is 0 Å². The molecular weight excluding hydrogens is 183 g/mol. The van der Waals surface area contributed by atoms with Gasteiger partial charge in [-0.2, -0.15) is 0 Å². The zero-order valence-electron chi connectivity index (χ0n) is 6.22. The smallest absolute Gasteiger partial charge is 0.146 e. The van der Waals surface area contributed by atoms with Crippen molar-refractivity contribution >= 4 is 29.0 Å². The third-order valence-electron chi connectivity index (χ3n) is 2.52. The van der Waals surface area contributed by atoms with Crippen molar-refractivity contribution in [2.75, 3.05) is 0 Å². The summed E-state index contributed by atoms with van der Waals surface area (Å²) >= 11 is 12.0. The molecule has 0 saturated heterocycles. The van der Waals surface area contributed by atoms with Crippen LogP contribution in [0.4, 0.5) is 0 Å². The number of amidine groups is 1. The second kappa shape index (κ2) is 2.05. The van der Waals surface area contributed by atoms with E-state index in [2.05, 4.69) is 11.9 Å². The number of fused-ring (bicyclic) bond motifs is 1. The number of aliphatic imine (C=N–C) groups is 1. The van der Waals surface area contributed by atoms with Crippen molar-refractivity contribution in [3.8, 4) is 0 Å². The van der Waals surface area contributed by atoms with Crippen LogP contribution in [0.1, 0.15) is 13.3 Å². The van der Waals surface area contributed by atoms with Gasteiger partial charge >= 0.3 is 0 Å². The lowest BCUT2D eigenvalue weighted by Gasteiger charge is -2.13. The number of halogens is 2. The molecule has 2 aliphatic rings. The average molecular weight is 193 g/mol. The molecule has 62 valence electrons. The number of alkyl halides is 2. The maximum atomic E-state index is 5.98. The van der Waals surface area contributed by atoms with Gasteiger partial charge in [-0.05, 0) is 5.92 Å². The van der Waals surface area contributed by atoms with Gasteiger partial charge in [-0.3, -0.25) is 4.99 Å². The van der Waals surface area contributed by atoms with Gasteiger partial charge in [0.1, 0.15) is 4.33 Å². The maximum Gasteiger partial charge on any atom is 0.146 e. The van der Waals surface area contributed by atoms with E-state index in [-0.39, 0.29) is 6.04 Å². The molecule has 0 radical (unpaired) electrons. The molecule has 3 atom stereocenters. The van der Waals surface area contributed by atoms with Crippen LogP contribution < -0.4 is 5.73 Å². The van der Waals surface area contributed by atoms with E-state index >= 15 is 0 Å². The molecule has 2 rings (SSSR count). The van der Waals surface area contributed by atoms with Crippen molar-refractivity contribution in [1.29, 1.82) is 0 Å². The molecule has 0 amide bonds. The summed E-state index contributed by atoms with van der Waals surface area (Å²) in [6.07, 6.45) is 0.836. The Hall–Kier alpha value is 0.0500. The zero-order chi connectivity index (χ0) is 8.22. The topological polar surface area (TPSA) is 38.4 Å². The second-order valence-electron chi connectivity index (χ2n) is 3.45. The number of hydrogen-bond acceptors (Lipinski definition) is 2. The highest BCUT2D eigenvalue weighted by atomic mass is 35.5. The average Bonchev–Trinajstić information content (AvgIpc) is 2.34. The highest BCUT2D eigenvalue weighted by Gasteiger charge is 2.67. The quantitative estimate of drug-likeness (QED) is 0.582. The first-order valence-corrected chi connectivity index (χ1v) is 4.49. The maximum absolute atomic E-state index is 5.98. The lowest BCUT2D eigenvalue weighted by Crippen LogP contribution is -2.22. The summed E-state index contributed by atoms with van der Waals surface area (Å²) in [4.78, 5) is 4.19. The van der Waals surface area contributed by atoms with Crippen molar-refractivity contribution in [2.45, 2.75) is 23.7 Å². The van der Waals surface area contributed by atoms with Crippen LogP contribution >= 0.6 is 23.2 Å². The summed E-state index contributed by atoms with van der Waals surface area (Å²) in [6, 6.07) is 0.0644. The Morgan fingerprint density at radius 1 is 1.64 bits per heavy atom. The normalized spacial score (nSPS) is 46.1. The van der Waals surface area contributed by atoms with Crippen LogP contribution in [-0.2, 0) is 0 Å². The molecule has 0 bridgehead atoms. The molecule has 1 saturated carbocycles. The van der Waals surface area contributed by atoms with Gasteiger partial charge < -0.3 is 5.73 Å². The number of hydrogen-bond donors (Lipinski definition) is 1. The molecule has 11 heavy (non-hydrogen) atoms. The standard InChI is InChI=1S/C7H10Cl2N2/c1-3-2-4(10)11-6-5(3)7(6,8)9/h3,5-6H,2H2,1H3,(H2,10,11)/t3-,5+,6-/m0/s1. The van der Waals surface area contributed by atoms with Crippen LogP contribution in [0.25, 0.3) is 0 Å². The number of rotatable bonds is 0. The summed E-state index contributed by atoms with van der Waals surface area (Å²) in [6.45, 7) is 2.12. The van der Waals surface area contributed by atoms with Crippen LogP contribution in [0, 0.1) is 11.8 Å². The van der Waals surface area contributed by atoms with Crippen molar-refractivity contribution in [1.82, 2.24) is 0 Å². The van der Waals surface area contributed by atoms with E-state index < -0.39 is 4.33 Å². The molecule has 4 heteroatoms. The van der Waals surface area contributed by atoms with Gasteiger partial charge in [-0.25, -0.2) is 0 Å². The van der Waals surface area contributed by atoms with Crippen molar-refractivity contribution in [3.05, 3.63) is 0 Å². The predicted molar refractivity (Wildman–Crippen MR) is 47.1 cm³/mol. The molecule has 1 fully saturated rings. The second-order valence-corrected chi connectivity index (χ2v) is 4.89. The van der Waals surface area contributed by atoms with Crippen LogP contribution in [-0.4, -0.2) is 16.2 Å². The number of nitrogens with zero attached hydrogens (tertiary/aromatic N) is 1. The van der Waals surface area contributed by atoms with E-state index in [0.29, 0.717) is 17.7 Å². The third kappa shape index (κ3) is 0.960. The van der Waals surface area contributed by atoms with Gasteiger partial charge in [0.25, 0.3) is 0 Å². The Labute approximate surface area is 75.8 Å². The van der Waals surface area contributed by atoms with E-state index in [0.717, 1.165) is 6.42 Å². The fraction of sp³-hybridized carbons (Fsp3) is 0.857. The first-order valence-electron chi connectivity index (χ1n) is 3.73. The Morgan fingerprint density at radius 3 is 2.82 bits per heavy atom. The first-order chi connectivity index (χ1) is 5.03. The Morgan fingerprint density at radius 2 is 2.27 bits per heavy atom. The summed E-state index contributed by atoms with van der Waals surface area (Å²) in [5.41, 5.74) is 5.60. The summed E-state index contributed by atoms with van der Waals surface area (Å²) in [5, 5.41) is 0. The largest absolute Gasteiger partial charge is 0.387 e. The molecular formula is C7H10Cl2N2. The van der Waals surface area contributed by atoms with E-state index in [4.69, 9.17) is 28.9 Å². The molecule has 1 aliphatic heterocycles. The summed E-state index contributed by atoms with van der Waals surface area (Å²) < 4.78 is -0.624. The highest BCUT2D eigenvalue weighted by Crippen LogP contribution is 2.61. The molecule has 2 N–H and O–H groups in total. The van der Waals surface area contributed by atoms with E-state index in [1.807, 2.05) is 0 Å². The highest BCUT2D eigenvalue weighted by molar-refractivity contribution is 6.52. The van der Waals surface area contributed by atoms with E-state index in [9.17, 15) is 0 Å². The van der Waals surface area contributed by atoms with E-state index in [1.165, 1.54) is 0 Å². The minimum Gasteiger partial charge on any atom is -0.387 e. The molecule has 0 unspecified atom stereocenters. The third-order valence-corrected chi connectivity index (χ3v) is 3.47. The van der Waals surface area contributed by atoms with Crippen LogP contribution in [0.2, 0.25) is 0 Å². The Balaban J connectivity index is 2.25. The van der Waals surface area contributed by atoms with Crippen molar-refractivity contribution < 1.29 is 0 Å². The van der Waals surface area contributed by atoms with Gasteiger partial charge in [-0.1, -0.05) is 30.1 Å². The molecule has 1 heterocycles. The molecule has 0 aromatic carbocycles. The molecule has 0 spiro atoms. The number of nitrogens with two attached hydrogens (primary N) is 1. The molecule has 1 aliphatic carbocycles. The Kier molecular flexibility index (Phi) is 1.43. The van der Waals surface area contributed by atoms with Gasteiger partial charge in [0.15, 0.2) is 0 Å². The van der Waals surface area contributed by atoms with Gasteiger partial charge in [0.2, 0.25) is 0 Å². The van der Waals surface area contributed by atoms with Crippen LogP contribution in [0.3, 0.4) is 0 Å². The summed E-state index contributed by atoms with van der Waals surface area (Å²) in [5.74, 6) is 1.51. The summed E-state index contributed by atoms with van der Waals surface area (Å²) in [7, 11) is 0. The van der Waals surface area contributed by atoms with Crippen molar-refractivity contribution in [2.24, 2.45) is 22.6 Å². The van der Waals surface area contributed by atoms with Crippen LogP contribution in [0.15, 0.2) is 4.99 Å². The van der Waals surface area contributed by atoms with Crippen molar-refractivity contribution in [3.63, 3.8) is 0 Å². The predicted octanol–water partition coefficient (Wildman–Crippen LogP) is 1.56. The first kappa shape index (κ1) is 7.69. The Bertz CT molecular complexity index is 224. The van der Waals surface area contributed by atoms with Gasteiger partial charge in [-0.15, -0.1) is 0 Å². The minimum atomic E-state index is -0.624. The fourth-order valence-electron chi connectivity index (χ4n) is 1.88. The lowest BCUT2D eigenvalue weighted by atomic mass is 9.99. The monoisotopic (exact) mass is 192 g/mol. The lowest BCUT2D eigenvalue weighted by molar-refractivity contribution is 0.495. The minimum absolute atomic E-state index is 0.0644. The molecule has 0 aromatic heterocycles. The van der Waals surface area contributed by atoms with Gasteiger partial charge in [0.05, 0.1) is 11.9 Å². The fourth-order valence-corrected chi connectivity index (χ4v) is 2.79. The molecule has 0 aromatic rings. The molecule has 2 nitrogen and oxygen atoms in total. The van der Waals surface area contributed by atoms with Gasteiger partial charge in [0, 0.05) is 12.3 Å². The zero-order valence-corrected chi connectivity index (χ0v) is 7.73. The van der Waals surface area contributed by atoms with E-state index in [1.54, 1.807) is 0 Å².